The highest BCUT2D eigenvalue weighted by Crippen LogP contribution is 2.23. The molecule has 1 aromatic heterocycles. The Balaban J connectivity index is 2.03. The van der Waals surface area contributed by atoms with Gasteiger partial charge in [-0.3, -0.25) is 4.79 Å². The van der Waals surface area contributed by atoms with Crippen LogP contribution in [0.4, 0.5) is 0 Å². The lowest BCUT2D eigenvalue weighted by molar-refractivity contribution is -0.130. The number of thiophene rings is 1. The Morgan fingerprint density at radius 1 is 1.17 bits per heavy atom. The van der Waals surface area contributed by atoms with Crippen molar-refractivity contribution >= 4 is 54.8 Å². The highest BCUT2D eigenvalue weighted by Gasteiger charge is 2.24. The molecule has 5 nitrogen and oxygen atoms in total. The van der Waals surface area contributed by atoms with Gasteiger partial charge in [-0.15, -0.1) is 11.3 Å². The first kappa shape index (κ1) is 19.4. The normalized spacial score (nSPS) is 11.7. The van der Waals surface area contributed by atoms with Gasteiger partial charge in [0, 0.05) is 24.0 Å². The summed E-state index contributed by atoms with van der Waals surface area (Å²) < 4.78 is 27.0. The van der Waals surface area contributed by atoms with Crippen LogP contribution in [-0.2, 0) is 21.4 Å². The van der Waals surface area contributed by atoms with E-state index in [0.717, 1.165) is 13.0 Å². The van der Waals surface area contributed by atoms with Crippen molar-refractivity contribution in [1.29, 1.82) is 0 Å². The molecule has 0 radical (unpaired) electrons. The van der Waals surface area contributed by atoms with Gasteiger partial charge in [-0.05, 0) is 52.3 Å². The maximum Gasteiger partial charge on any atom is 0.243 e. The number of rotatable bonds is 6. The first-order valence-corrected chi connectivity index (χ1v) is 10.3. The Hall–Kier alpha value is -0.930. The molecule has 0 unspecified atom stereocenters. The Labute approximate surface area is 159 Å². The molecule has 130 valence electrons. The summed E-state index contributed by atoms with van der Waals surface area (Å²) in [6.07, 6.45) is 0. The van der Waals surface area contributed by atoms with Gasteiger partial charge in [-0.25, -0.2) is 8.42 Å². The molecule has 0 aliphatic rings. The summed E-state index contributed by atoms with van der Waals surface area (Å²) in [4.78, 5) is 14.9. The molecule has 1 aromatic carbocycles. The van der Waals surface area contributed by atoms with E-state index in [1.807, 2.05) is 12.1 Å². The van der Waals surface area contributed by atoms with Crippen molar-refractivity contribution in [2.24, 2.45) is 0 Å². The van der Waals surface area contributed by atoms with Crippen LogP contribution in [0.15, 0.2) is 45.1 Å². The van der Waals surface area contributed by atoms with Gasteiger partial charge in [0.1, 0.15) is 0 Å². The van der Waals surface area contributed by atoms with E-state index in [-0.39, 0.29) is 17.3 Å². The summed E-state index contributed by atoms with van der Waals surface area (Å²) in [6.45, 7) is 0.206. The molecule has 1 heterocycles. The topological polar surface area (TPSA) is 57.7 Å². The fourth-order valence-corrected chi connectivity index (χ4v) is 4.72. The van der Waals surface area contributed by atoms with Crippen LogP contribution in [0.3, 0.4) is 0 Å². The predicted molar refractivity (Wildman–Crippen MR) is 99.8 cm³/mol. The fourth-order valence-electron chi connectivity index (χ4n) is 1.94. The molecule has 0 N–H and O–H groups in total. The third kappa shape index (κ3) is 4.80. The molecule has 2 rings (SSSR count). The van der Waals surface area contributed by atoms with E-state index >= 15 is 0 Å². The molecule has 9 heteroatoms. The number of likely N-dealkylation sites (N-methyl/N-ethyl adjacent to an activating group) is 2. The standard InChI is InChI=1S/C15H16BrClN2O3S2/c1-18(9-12-5-8-14(16)23-12)15(20)10-19(2)24(21,22)13-6-3-11(17)4-7-13/h3-8H,9-10H2,1-2H3. The monoisotopic (exact) mass is 450 g/mol. The van der Waals surface area contributed by atoms with Gasteiger partial charge in [0.2, 0.25) is 15.9 Å². The van der Waals surface area contributed by atoms with Crippen molar-refractivity contribution in [3.05, 3.63) is 50.1 Å². The van der Waals surface area contributed by atoms with Gasteiger partial charge < -0.3 is 4.90 Å². The number of benzene rings is 1. The van der Waals surface area contributed by atoms with Crippen LogP contribution in [0.25, 0.3) is 0 Å². The summed E-state index contributed by atoms with van der Waals surface area (Å²) in [6, 6.07) is 9.69. The van der Waals surface area contributed by atoms with E-state index in [9.17, 15) is 13.2 Å². The number of hydrogen-bond acceptors (Lipinski definition) is 4. The van der Waals surface area contributed by atoms with E-state index < -0.39 is 10.0 Å². The molecule has 0 fully saturated rings. The first-order valence-electron chi connectivity index (χ1n) is 6.90. The number of hydrogen-bond donors (Lipinski definition) is 0. The van der Waals surface area contributed by atoms with Crippen LogP contribution in [0.2, 0.25) is 5.02 Å². The lowest BCUT2D eigenvalue weighted by Gasteiger charge is -2.21. The molecule has 2 aromatic rings. The maximum atomic E-state index is 12.5. The minimum Gasteiger partial charge on any atom is -0.339 e. The lowest BCUT2D eigenvalue weighted by Crippen LogP contribution is -2.39. The second-order valence-electron chi connectivity index (χ2n) is 5.17. The number of carbonyl (C=O) groups excluding carboxylic acids is 1. The fraction of sp³-hybridized carbons (Fsp3) is 0.267. The van der Waals surface area contributed by atoms with Crippen LogP contribution < -0.4 is 0 Å². The molecule has 1 amide bonds. The van der Waals surface area contributed by atoms with Crippen LogP contribution in [0.5, 0.6) is 0 Å². The van der Waals surface area contributed by atoms with Crippen molar-refractivity contribution < 1.29 is 13.2 Å². The Morgan fingerprint density at radius 3 is 2.33 bits per heavy atom. The average molecular weight is 452 g/mol. The number of carbonyl (C=O) groups is 1. The lowest BCUT2D eigenvalue weighted by atomic mass is 10.4. The van der Waals surface area contributed by atoms with Crippen LogP contribution in [-0.4, -0.2) is 44.2 Å². The minimum atomic E-state index is -3.73. The summed E-state index contributed by atoms with van der Waals surface area (Å²) in [5.41, 5.74) is 0. The van der Waals surface area contributed by atoms with Crippen molar-refractivity contribution in [3.63, 3.8) is 0 Å². The highest BCUT2D eigenvalue weighted by atomic mass is 79.9. The molecule has 0 aliphatic carbocycles. The SMILES string of the molecule is CN(Cc1ccc(Br)s1)C(=O)CN(C)S(=O)(=O)c1ccc(Cl)cc1. The van der Waals surface area contributed by atoms with Crippen molar-refractivity contribution in [2.45, 2.75) is 11.4 Å². The van der Waals surface area contributed by atoms with E-state index in [0.29, 0.717) is 11.6 Å². The van der Waals surface area contributed by atoms with Crippen LogP contribution in [0, 0.1) is 0 Å². The van der Waals surface area contributed by atoms with Crippen LogP contribution >= 0.6 is 38.9 Å². The summed E-state index contributed by atoms with van der Waals surface area (Å²) in [5, 5.41) is 0.453. The third-order valence-electron chi connectivity index (χ3n) is 3.33. The molecule has 0 saturated carbocycles. The summed E-state index contributed by atoms with van der Waals surface area (Å²) >= 11 is 10.7. The van der Waals surface area contributed by atoms with E-state index in [1.165, 1.54) is 47.5 Å². The molecule has 0 spiro atoms. The van der Waals surface area contributed by atoms with Gasteiger partial charge >= 0.3 is 0 Å². The number of sulfonamides is 1. The summed E-state index contributed by atoms with van der Waals surface area (Å²) in [7, 11) is -0.693. The molecule has 24 heavy (non-hydrogen) atoms. The minimum absolute atomic E-state index is 0.104. The Kier molecular flexibility index (Phi) is 6.44. The zero-order valence-corrected chi connectivity index (χ0v) is 17.0. The first-order chi connectivity index (χ1) is 11.2. The Morgan fingerprint density at radius 2 is 1.79 bits per heavy atom. The molecular formula is C15H16BrClN2O3S2. The molecule has 0 aliphatic heterocycles. The molecular weight excluding hydrogens is 436 g/mol. The van der Waals surface area contributed by atoms with Crippen LogP contribution in [0.1, 0.15) is 4.88 Å². The third-order valence-corrected chi connectivity index (χ3v) is 7.01. The smallest absolute Gasteiger partial charge is 0.243 e. The molecule has 0 atom stereocenters. The largest absolute Gasteiger partial charge is 0.339 e. The maximum absolute atomic E-state index is 12.5. The van der Waals surface area contributed by atoms with E-state index in [1.54, 1.807) is 7.05 Å². The van der Waals surface area contributed by atoms with Gasteiger partial charge in [-0.1, -0.05) is 11.6 Å². The second kappa shape index (κ2) is 7.97. The zero-order valence-electron chi connectivity index (χ0n) is 13.1. The predicted octanol–water partition coefficient (Wildman–Crippen LogP) is 3.44. The summed E-state index contributed by atoms with van der Waals surface area (Å²) in [5.74, 6) is -0.278. The highest BCUT2D eigenvalue weighted by molar-refractivity contribution is 9.11. The van der Waals surface area contributed by atoms with E-state index in [4.69, 9.17) is 11.6 Å². The Bertz CT molecular complexity index is 821. The van der Waals surface area contributed by atoms with E-state index in [2.05, 4.69) is 15.9 Å². The van der Waals surface area contributed by atoms with Crippen molar-refractivity contribution in [3.8, 4) is 0 Å². The average Bonchev–Trinajstić information content (AvgIpc) is 2.92. The quantitative estimate of drug-likeness (QED) is 0.676. The second-order valence-corrected chi connectivity index (χ2v) is 10.2. The van der Waals surface area contributed by atoms with Crippen molar-refractivity contribution in [1.82, 2.24) is 9.21 Å². The van der Waals surface area contributed by atoms with Gasteiger partial charge in [0.25, 0.3) is 0 Å². The molecule has 0 bridgehead atoms. The molecule has 0 saturated heterocycles. The zero-order chi connectivity index (χ0) is 17.9. The van der Waals surface area contributed by atoms with Gasteiger partial charge in [0.05, 0.1) is 21.8 Å². The van der Waals surface area contributed by atoms with Gasteiger partial charge in [-0.2, -0.15) is 4.31 Å². The number of amides is 1. The van der Waals surface area contributed by atoms with Gasteiger partial charge in [0.15, 0.2) is 0 Å². The number of nitrogens with zero attached hydrogens (tertiary/aromatic N) is 2. The van der Waals surface area contributed by atoms with Crippen molar-refractivity contribution in [2.75, 3.05) is 20.6 Å². The number of halogens is 2.